The Morgan fingerprint density at radius 1 is 1.44 bits per heavy atom. The van der Waals surface area contributed by atoms with Crippen LogP contribution in [-0.4, -0.2) is 25.5 Å². The molecular formula is C13H22N2O3. The Hall–Kier alpha value is -1.36. The van der Waals surface area contributed by atoms with Gasteiger partial charge in [-0.15, -0.1) is 0 Å². The van der Waals surface area contributed by atoms with Gasteiger partial charge in [0.05, 0.1) is 7.11 Å². The Morgan fingerprint density at radius 3 is 2.39 bits per heavy atom. The zero-order valence-electron chi connectivity index (χ0n) is 11.5. The van der Waals surface area contributed by atoms with Crippen molar-refractivity contribution in [2.75, 3.05) is 13.7 Å². The van der Waals surface area contributed by atoms with Crippen LogP contribution in [0.3, 0.4) is 0 Å². The number of nitrogens with two attached hydrogens (primary N) is 1. The second kappa shape index (κ2) is 5.52. The van der Waals surface area contributed by atoms with Gasteiger partial charge < -0.3 is 15.8 Å². The van der Waals surface area contributed by atoms with E-state index in [2.05, 4.69) is 10.1 Å². The van der Waals surface area contributed by atoms with E-state index in [-0.39, 0.29) is 22.9 Å². The van der Waals surface area contributed by atoms with Crippen LogP contribution in [0.15, 0.2) is 11.3 Å². The van der Waals surface area contributed by atoms with Crippen LogP contribution in [0.1, 0.15) is 33.6 Å². The Bertz CT molecular complexity index is 386. The highest BCUT2D eigenvalue weighted by molar-refractivity contribution is 5.96. The third-order valence-electron chi connectivity index (χ3n) is 3.41. The summed E-state index contributed by atoms with van der Waals surface area (Å²) in [5.74, 6) is -0.660. The van der Waals surface area contributed by atoms with Crippen molar-refractivity contribution < 1.29 is 14.3 Å². The molecule has 0 bridgehead atoms. The van der Waals surface area contributed by atoms with Crippen molar-refractivity contribution in [3.8, 4) is 0 Å². The largest absolute Gasteiger partial charge is 0.464 e. The monoisotopic (exact) mass is 254 g/mol. The first kappa shape index (κ1) is 14.7. The number of esters is 1. The fraction of sp³-hybridized carbons (Fsp3) is 0.692. The molecule has 1 unspecified atom stereocenters. The number of hydrogen-bond acceptors (Lipinski definition) is 4. The summed E-state index contributed by atoms with van der Waals surface area (Å²) in [6, 6.07) is 0. The van der Waals surface area contributed by atoms with E-state index in [1.54, 1.807) is 6.92 Å². The third-order valence-corrected chi connectivity index (χ3v) is 3.41. The summed E-state index contributed by atoms with van der Waals surface area (Å²) >= 11 is 0. The van der Waals surface area contributed by atoms with Crippen LogP contribution in [0, 0.1) is 11.3 Å². The minimum atomic E-state index is -0.521. The highest BCUT2D eigenvalue weighted by Crippen LogP contribution is 2.51. The molecule has 1 atom stereocenters. The normalized spacial score (nSPS) is 21.9. The quantitative estimate of drug-likeness (QED) is 0.565. The van der Waals surface area contributed by atoms with E-state index in [1.807, 2.05) is 13.8 Å². The zero-order valence-corrected chi connectivity index (χ0v) is 11.5. The van der Waals surface area contributed by atoms with Crippen molar-refractivity contribution in [2.24, 2.45) is 17.1 Å². The average Bonchev–Trinajstić information content (AvgIpc) is 2.94. The van der Waals surface area contributed by atoms with Gasteiger partial charge in [0, 0.05) is 5.92 Å². The van der Waals surface area contributed by atoms with Crippen LogP contribution in [0.4, 0.5) is 0 Å². The van der Waals surface area contributed by atoms with Gasteiger partial charge in [-0.25, -0.2) is 4.79 Å². The lowest BCUT2D eigenvalue weighted by Gasteiger charge is -2.12. The number of carbonyl (C=O) groups is 2. The molecule has 0 aromatic carbocycles. The van der Waals surface area contributed by atoms with Gasteiger partial charge in [0.2, 0.25) is 5.91 Å². The summed E-state index contributed by atoms with van der Waals surface area (Å²) in [5.41, 5.74) is 6.47. The van der Waals surface area contributed by atoms with Crippen molar-refractivity contribution in [1.29, 1.82) is 0 Å². The van der Waals surface area contributed by atoms with Crippen LogP contribution in [0.2, 0.25) is 0 Å². The minimum Gasteiger partial charge on any atom is -0.464 e. The predicted molar refractivity (Wildman–Crippen MR) is 68.4 cm³/mol. The van der Waals surface area contributed by atoms with E-state index in [0.29, 0.717) is 13.0 Å². The maximum absolute atomic E-state index is 12.0. The number of nitrogens with one attached hydrogen (secondary N) is 1. The molecule has 1 fully saturated rings. The number of carbonyl (C=O) groups excluding carboxylic acids is 2. The van der Waals surface area contributed by atoms with Gasteiger partial charge in [-0.05, 0) is 37.3 Å². The fourth-order valence-corrected chi connectivity index (χ4v) is 1.90. The van der Waals surface area contributed by atoms with Crippen LogP contribution < -0.4 is 11.1 Å². The van der Waals surface area contributed by atoms with Crippen molar-refractivity contribution in [3.05, 3.63) is 11.3 Å². The molecule has 102 valence electrons. The molecule has 0 radical (unpaired) electrons. The van der Waals surface area contributed by atoms with E-state index in [4.69, 9.17) is 5.73 Å². The van der Waals surface area contributed by atoms with E-state index in [1.165, 1.54) is 7.11 Å². The molecule has 5 heteroatoms. The maximum atomic E-state index is 12.0. The zero-order chi connectivity index (χ0) is 13.9. The van der Waals surface area contributed by atoms with Gasteiger partial charge in [-0.2, -0.15) is 0 Å². The fourth-order valence-electron chi connectivity index (χ4n) is 1.90. The summed E-state index contributed by atoms with van der Waals surface area (Å²) < 4.78 is 4.68. The average molecular weight is 254 g/mol. The molecule has 1 aliphatic rings. The van der Waals surface area contributed by atoms with E-state index < -0.39 is 5.97 Å². The summed E-state index contributed by atoms with van der Waals surface area (Å²) in [5, 5.41) is 2.68. The molecule has 1 saturated carbocycles. The number of rotatable bonds is 5. The van der Waals surface area contributed by atoms with Gasteiger partial charge in [-0.3, -0.25) is 4.79 Å². The molecule has 0 aromatic heterocycles. The molecule has 5 nitrogen and oxygen atoms in total. The second-order valence-electron chi connectivity index (χ2n) is 5.42. The van der Waals surface area contributed by atoms with E-state index in [0.717, 1.165) is 12.0 Å². The first-order valence-corrected chi connectivity index (χ1v) is 6.12. The van der Waals surface area contributed by atoms with Crippen LogP contribution in [-0.2, 0) is 14.3 Å². The van der Waals surface area contributed by atoms with Crippen LogP contribution >= 0.6 is 0 Å². The lowest BCUT2D eigenvalue weighted by molar-refractivity contribution is -0.138. The molecule has 1 amide bonds. The van der Waals surface area contributed by atoms with Crippen molar-refractivity contribution in [2.45, 2.75) is 33.6 Å². The molecule has 1 aliphatic carbocycles. The Morgan fingerprint density at radius 2 is 2.00 bits per heavy atom. The lowest BCUT2D eigenvalue weighted by atomic mass is 10.1. The number of hydrogen-bond donors (Lipinski definition) is 2. The molecule has 0 saturated heterocycles. The molecule has 0 heterocycles. The third kappa shape index (κ3) is 3.32. The molecule has 1 rings (SSSR count). The van der Waals surface area contributed by atoms with Gasteiger partial charge in [0.1, 0.15) is 5.70 Å². The first-order valence-electron chi connectivity index (χ1n) is 6.12. The Balaban J connectivity index is 2.77. The van der Waals surface area contributed by atoms with E-state index in [9.17, 15) is 9.59 Å². The van der Waals surface area contributed by atoms with Gasteiger partial charge in [0.25, 0.3) is 0 Å². The summed E-state index contributed by atoms with van der Waals surface area (Å²) in [6.07, 6.45) is 1.40. The highest BCUT2D eigenvalue weighted by atomic mass is 16.5. The summed E-state index contributed by atoms with van der Waals surface area (Å²) in [4.78, 5) is 23.6. The smallest absolute Gasteiger partial charge is 0.354 e. The summed E-state index contributed by atoms with van der Waals surface area (Å²) in [7, 11) is 1.30. The standard InChI is InChI=1S/C13H22N2O3/c1-8(5-6-14)10(12(17)18-4)15-11(16)9-7-13(9,2)3/h9H,5-7,14H2,1-4H3,(H,15,16). The number of methoxy groups -OCH3 is 1. The molecule has 0 aliphatic heterocycles. The number of ether oxygens (including phenoxy) is 1. The second-order valence-corrected chi connectivity index (χ2v) is 5.42. The molecule has 0 aromatic rings. The molecular weight excluding hydrogens is 232 g/mol. The molecule has 3 N–H and O–H groups in total. The number of amides is 1. The molecule has 18 heavy (non-hydrogen) atoms. The van der Waals surface area contributed by atoms with Crippen molar-refractivity contribution in [3.63, 3.8) is 0 Å². The van der Waals surface area contributed by atoms with Crippen LogP contribution in [0.5, 0.6) is 0 Å². The highest BCUT2D eigenvalue weighted by Gasteiger charge is 2.50. The summed E-state index contributed by atoms with van der Waals surface area (Å²) in [6.45, 7) is 6.27. The maximum Gasteiger partial charge on any atom is 0.354 e. The first-order chi connectivity index (χ1) is 8.33. The Kier molecular flexibility index (Phi) is 4.51. The van der Waals surface area contributed by atoms with E-state index >= 15 is 0 Å². The predicted octanol–water partition coefficient (Wildman–Crippen LogP) is 0.944. The topological polar surface area (TPSA) is 81.4 Å². The van der Waals surface area contributed by atoms with Gasteiger partial charge in [0.15, 0.2) is 0 Å². The lowest BCUT2D eigenvalue weighted by Crippen LogP contribution is -2.31. The minimum absolute atomic E-state index is 0.0252. The SMILES string of the molecule is COC(=O)C(NC(=O)C1CC1(C)C)=C(C)CCN. The molecule has 0 spiro atoms. The van der Waals surface area contributed by atoms with Gasteiger partial charge in [-0.1, -0.05) is 13.8 Å². The van der Waals surface area contributed by atoms with Crippen LogP contribution in [0.25, 0.3) is 0 Å². The van der Waals surface area contributed by atoms with Gasteiger partial charge >= 0.3 is 5.97 Å². The van der Waals surface area contributed by atoms with Crippen molar-refractivity contribution >= 4 is 11.9 Å². The van der Waals surface area contributed by atoms with Crippen molar-refractivity contribution in [1.82, 2.24) is 5.32 Å². The Labute approximate surface area is 108 Å².